The average Bonchev–Trinajstić information content (AvgIpc) is 2.42. The van der Waals surface area contributed by atoms with E-state index in [0.717, 1.165) is 17.3 Å². The topological polar surface area (TPSA) is 90.2 Å². The van der Waals surface area contributed by atoms with Crippen molar-refractivity contribution in [3.63, 3.8) is 0 Å². The molecule has 1 heterocycles. The van der Waals surface area contributed by atoms with Gasteiger partial charge in [0.2, 0.25) is 5.12 Å². The third-order valence-electron chi connectivity index (χ3n) is 3.17. The van der Waals surface area contributed by atoms with E-state index in [2.05, 4.69) is 0 Å². The summed E-state index contributed by atoms with van der Waals surface area (Å²) in [6.07, 6.45) is -4.97. The standard InChI is InChI=1S/C13H18O5S/c1-8-10(14)11(15)12(16)13(17,18-8)19-7-9-5-3-2-4-6-9/h2-6,8,10-12,14-17H,7H2,1H3/t8-,10+,11+,12-,13+/m1/s1. The molecule has 19 heavy (non-hydrogen) atoms. The average molecular weight is 286 g/mol. The quantitative estimate of drug-likeness (QED) is 0.588. The predicted octanol–water partition coefficient (Wildman–Crippen LogP) is 0.0673. The first-order valence-electron chi connectivity index (χ1n) is 6.06. The molecular formula is C13H18O5S. The highest BCUT2D eigenvalue weighted by Crippen LogP contribution is 2.38. The first-order chi connectivity index (χ1) is 8.94. The molecule has 0 amide bonds. The highest BCUT2D eigenvalue weighted by molar-refractivity contribution is 7.99. The molecule has 0 radical (unpaired) electrons. The largest absolute Gasteiger partial charge is 0.388 e. The lowest BCUT2D eigenvalue weighted by Crippen LogP contribution is -2.62. The van der Waals surface area contributed by atoms with Crippen LogP contribution in [0, 0.1) is 0 Å². The van der Waals surface area contributed by atoms with Gasteiger partial charge in [-0.05, 0) is 12.5 Å². The molecule has 5 nitrogen and oxygen atoms in total. The van der Waals surface area contributed by atoms with Gasteiger partial charge in [-0.2, -0.15) is 0 Å². The van der Waals surface area contributed by atoms with Crippen LogP contribution in [0.15, 0.2) is 30.3 Å². The lowest BCUT2D eigenvalue weighted by Gasteiger charge is -2.44. The normalized spacial score (nSPS) is 39.2. The predicted molar refractivity (Wildman–Crippen MR) is 71.3 cm³/mol. The summed E-state index contributed by atoms with van der Waals surface area (Å²) in [4.78, 5) is 0. The van der Waals surface area contributed by atoms with Gasteiger partial charge in [-0.15, -0.1) is 0 Å². The Morgan fingerprint density at radius 2 is 1.79 bits per heavy atom. The lowest BCUT2D eigenvalue weighted by molar-refractivity contribution is -0.297. The number of benzene rings is 1. The Bertz CT molecular complexity index is 415. The second-order valence-corrected chi connectivity index (χ2v) is 5.82. The van der Waals surface area contributed by atoms with Gasteiger partial charge >= 0.3 is 0 Å². The maximum Gasteiger partial charge on any atom is 0.246 e. The van der Waals surface area contributed by atoms with Crippen molar-refractivity contribution in [1.29, 1.82) is 0 Å². The van der Waals surface area contributed by atoms with Gasteiger partial charge in [0.15, 0.2) is 0 Å². The van der Waals surface area contributed by atoms with E-state index in [1.807, 2.05) is 30.3 Å². The van der Waals surface area contributed by atoms with Crippen LogP contribution in [0.5, 0.6) is 0 Å². The van der Waals surface area contributed by atoms with E-state index >= 15 is 0 Å². The Balaban J connectivity index is 2.05. The van der Waals surface area contributed by atoms with E-state index in [4.69, 9.17) is 4.74 Å². The molecule has 0 aromatic heterocycles. The molecule has 1 saturated heterocycles. The third kappa shape index (κ3) is 3.10. The molecule has 106 valence electrons. The molecule has 1 aliphatic rings. The number of thioether (sulfide) groups is 1. The number of hydrogen-bond donors (Lipinski definition) is 4. The summed E-state index contributed by atoms with van der Waals surface area (Å²) in [6, 6.07) is 9.41. The van der Waals surface area contributed by atoms with E-state index in [9.17, 15) is 20.4 Å². The molecule has 1 aliphatic heterocycles. The van der Waals surface area contributed by atoms with Crippen LogP contribution in [0.25, 0.3) is 0 Å². The molecule has 0 saturated carbocycles. The number of aliphatic hydroxyl groups is 4. The van der Waals surface area contributed by atoms with Crippen molar-refractivity contribution in [3.8, 4) is 0 Å². The summed E-state index contributed by atoms with van der Waals surface area (Å²) < 4.78 is 5.25. The monoisotopic (exact) mass is 286 g/mol. The van der Waals surface area contributed by atoms with Crippen molar-refractivity contribution in [2.24, 2.45) is 0 Å². The van der Waals surface area contributed by atoms with Crippen molar-refractivity contribution >= 4 is 11.8 Å². The summed E-state index contributed by atoms with van der Waals surface area (Å²) in [5.74, 6) is 0.421. The third-order valence-corrected chi connectivity index (χ3v) is 4.40. The summed E-state index contributed by atoms with van der Waals surface area (Å²) >= 11 is 0.983. The van der Waals surface area contributed by atoms with Crippen LogP contribution in [-0.2, 0) is 10.5 Å². The van der Waals surface area contributed by atoms with E-state index in [1.54, 1.807) is 0 Å². The van der Waals surface area contributed by atoms with Gasteiger partial charge in [-0.3, -0.25) is 0 Å². The molecule has 1 aromatic carbocycles. The van der Waals surface area contributed by atoms with Gasteiger partial charge in [0, 0.05) is 5.75 Å². The highest BCUT2D eigenvalue weighted by atomic mass is 32.2. The Labute approximate surface area is 115 Å². The van der Waals surface area contributed by atoms with E-state index in [-0.39, 0.29) is 0 Å². The number of hydrogen-bond acceptors (Lipinski definition) is 6. The summed E-state index contributed by atoms with van der Waals surface area (Å²) in [5.41, 5.74) is 0.963. The molecule has 1 aromatic rings. The van der Waals surface area contributed by atoms with E-state index < -0.39 is 29.5 Å². The van der Waals surface area contributed by atoms with Crippen molar-refractivity contribution < 1.29 is 25.2 Å². The van der Waals surface area contributed by atoms with Crippen LogP contribution in [0.2, 0.25) is 0 Å². The van der Waals surface area contributed by atoms with Crippen molar-refractivity contribution in [2.75, 3.05) is 0 Å². The molecule has 2 rings (SSSR count). The fourth-order valence-corrected chi connectivity index (χ4v) is 3.06. The zero-order chi connectivity index (χ0) is 14.0. The smallest absolute Gasteiger partial charge is 0.246 e. The second-order valence-electron chi connectivity index (χ2n) is 4.65. The van der Waals surface area contributed by atoms with Crippen LogP contribution >= 0.6 is 11.8 Å². The fourth-order valence-electron chi connectivity index (χ4n) is 1.97. The molecule has 4 N–H and O–H groups in total. The number of ether oxygens (including phenoxy) is 1. The van der Waals surface area contributed by atoms with Gasteiger partial charge in [0.05, 0.1) is 6.10 Å². The summed E-state index contributed by atoms with van der Waals surface area (Å²) in [7, 11) is 0. The zero-order valence-corrected chi connectivity index (χ0v) is 11.3. The molecule has 0 unspecified atom stereocenters. The van der Waals surface area contributed by atoms with Gasteiger partial charge in [0.1, 0.15) is 18.3 Å². The first kappa shape index (κ1) is 14.8. The maximum atomic E-state index is 10.3. The second kappa shape index (κ2) is 5.78. The molecule has 6 heteroatoms. The summed E-state index contributed by atoms with van der Waals surface area (Å²) in [5, 5.41) is 37.5. The van der Waals surface area contributed by atoms with Crippen LogP contribution in [0.4, 0.5) is 0 Å². The highest BCUT2D eigenvalue weighted by Gasteiger charge is 2.51. The Morgan fingerprint density at radius 1 is 1.16 bits per heavy atom. The molecule has 0 aliphatic carbocycles. The Hall–Kier alpha value is -0.630. The van der Waals surface area contributed by atoms with Crippen LogP contribution in [0.3, 0.4) is 0 Å². The molecule has 0 spiro atoms. The maximum absolute atomic E-state index is 10.3. The van der Waals surface area contributed by atoms with Gasteiger partial charge in [0.25, 0.3) is 0 Å². The SMILES string of the molecule is C[C@H]1O[C@](O)(SCc2ccccc2)[C@H](O)[C@@H](O)[C@H]1O. The molecule has 5 atom stereocenters. The van der Waals surface area contributed by atoms with Crippen LogP contribution < -0.4 is 0 Å². The molecular weight excluding hydrogens is 268 g/mol. The Kier molecular flexibility index (Phi) is 4.50. The van der Waals surface area contributed by atoms with E-state index in [0.29, 0.717) is 5.75 Å². The Morgan fingerprint density at radius 3 is 2.42 bits per heavy atom. The van der Waals surface area contributed by atoms with E-state index in [1.165, 1.54) is 6.92 Å². The fraction of sp³-hybridized carbons (Fsp3) is 0.538. The van der Waals surface area contributed by atoms with Crippen LogP contribution in [-0.4, -0.2) is 50.0 Å². The van der Waals surface area contributed by atoms with Gasteiger partial charge < -0.3 is 25.2 Å². The number of rotatable bonds is 3. The number of aliphatic hydroxyl groups excluding tert-OH is 3. The zero-order valence-electron chi connectivity index (χ0n) is 10.5. The molecule has 0 bridgehead atoms. The van der Waals surface area contributed by atoms with Crippen molar-refractivity contribution in [3.05, 3.63) is 35.9 Å². The summed E-state index contributed by atoms with van der Waals surface area (Å²) in [6.45, 7) is 1.54. The van der Waals surface area contributed by atoms with Crippen molar-refractivity contribution in [2.45, 2.75) is 42.2 Å². The minimum absolute atomic E-state index is 0.421. The molecule has 1 fully saturated rings. The van der Waals surface area contributed by atoms with Gasteiger partial charge in [-0.1, -0.05) is 42.1 Å². The first-order valence-corrected chi connectivity index (χ1v) is 7.05. The lowest BCUT2D eigenvalue weighted by atomic mass is 10.00. The minimum atomic E-state index is -1.92. The van der Waals surface area contributed by atoms with Crippen molar-refractivity contribution in [1.82, 2.24) is 0 Å². The minimum Gasteiger partial charge on any atom is -0.388 e. The van der Waals surface area contributed by atoms with Gasteiger partial charge in [-0.25, -0.2) is 0 Å². The van der Waals surface area contributed by atoms with Crippen LogP contribution in [0.1, 0.15) is 12.5 Å².